The summed E-state index contributed by atoms with van der Waals surface area (Å²) in [6, 6.07) is 0. The molecule has 1 atom stereocenters. The van der Waals surface area contributed by atoms with Crippen LogP contribution in [0.5, 0.6) is 0 Å². The van der Waals surface area contributed by atoms with E-state index >= 15 is 0 Å². The second kappa shape index (κ2) is 7.46. The molecule has 4 nitrogen and oxygen atoms in total. The zero-order chi connectivity index (χ0) is 14.3. The predicted molar refractivity (Wildman–Crippen MR) is 77.6 cm³/mol. The van der Waals surface area contributed by atoms with Crippen LogP contribution in [-0.4, -0.2) is 41.8 Å². The molecule has 0 spiro atoms. The molecule has 1 fully saturated rings. The molecule has 0 aromatic carbocycles. The van der Waals surface area contributed by atoms with Crippen LogP contribution in [0.1, 0.15) is 39.5 Å². The molecule has 2 aliphatic rings. The van der Waals surface area contributed by atoms with E-state index in [9.17, 15) is 9.90 Å². The van der Waals surface area contributed by atoms with Gasteiger partial charge in [0.1, 0.15) is 0 Å². The van der Waals surface area contributed by atoms with Crippen LogP contribution >= 0.6 is 0 Å². The molecule has 1 aliphatic heterocycles. The lowest BCUT2D eigenvalue weighted by Gasteiger charge is -2.26. The third kappa shape index (κ3) is 6.55. The molecule has 1 heterocycles. The second-order valence-electron chi connectivity index (χ2n) is 5.45. The van der Waals surface area contributed by atoms with Gasteiger partial charge in [0.2, 0.25) is 5.91 Å². The van der Waals surface area contributed by atoms with Crippen molar-refractivity contribution in [3.05, 3.63) is 23.8 Å². The molecular weight excluding hydrogens is 240 g/mol. The summed E-state index contributed by atoms with van der Waals surface area (Å²) in [5, 5.41) is 12.2. The average Bonchev–Trinajstić information content (AvgIpc) is 2.34. The number of hydrogen-bond donors (Lipinski definition) is 2. The largest absolute Gasteiger partial charge is 0.367 e. The van der Waals surface area contributed by atoms with E-state index in [1.54, 1.807) is 12.2 Å². The number of piperidine rings is 1. The summed E-state index contributed by atoms with van der Waals surface area (Å²) in [6.07, 6.45) is 9.99. The van der Waals surface area contributed by atoms with Gasteiger partial charge in [0, 0.05) is 13.3 Å². The Morgan fingerprint density at radius 2 is 2.00 bits per heavy atom. The van der Waals surface area contributed by atoms with Gasteiger partial charge in [0.15, 0.2) is 5.72 Å². The summed E-state index contributed by atoms with van der Waals surface area (Å²) in [5.74, 6) is -0.227. The standard InChI is InChI=1S/C9H13NO2.C6H13N/c1-7-3-5-9(12,6-4-7)10-8(2)11;1-7-5-3-2-4-6-7/h3-5,12H,6H2,1-2H3,(H,10,11);2-6H2,1H3. The van der Waals surface area contributed by atoms with Crippen LogP contribution in [0.15, 0.2) is 23.8 Å². The molecule has 0 aromatic heterocycles. The Morgan fingerprint density at radius 1 is 1.37 bits per heavy atom. The zero-order valence-electron chi connectivity index (χ0n) is 12.3. The molecule has 0 bridgehead atoms. The molecule has 0 radical (unpaired) electrons. The van der Waals surface area contributed by atoms with Gasteiger partial charge in [0.25, 0.3) is 0 Å². The topological polar surface area (TPSA) is 52.6 Å². The number of amides is 1. The number of carbonyl (C=O) groups is 1. The molecule has 2 rings (SSSR count). The highest BCUT2D eigenvalue weighted by Gasteiger charge is 2.24. The van der Waals surface area contributed by atoms with E-state index in [0.717, 1.165) is 5.57 Å². The molecule has 4 heteroatoms. The van der Waals surface area contributed by atoms with Crippen molar-refractivity contribution in [2.45, 2.75) is 45.3 Å². The van der Waals surface area contributed by atoms with E-state index in [4.69, 9.17) is 0 Å². The van der Waals surface area contributed by atoms with Crippen LogP contribution in [-0.2, 0) is 4.79 Å². The van der Waals surface area contributed by atoms with Crippen LogP contribution in [0, 0.1) is 0 Å². The van der Waals surface area contributed by atoms with Crippen LogP contribution in [0.2, 0.25) is 0 Å². The Bertz CT molecular complexity index is 357. The fourth-order valence-corrected chi connectivity index (χ4v) is 2.17. The van der Waals surface area contributed by atoms with E-state index in [1.807, 2.05) is 13.0 Å². The van der Waals surface area contributed by atoms with Crippen LogP contribution in [0.25, 0.3) is 0 Å². The second-order valence-corrected chi connectivity index (χ2v) is 5.45. The van der Waals surface area contributed by atoms with Gasteiger partial charge >= 0.3 is 0 Å². The van der Waals surface area contributed by atoms with Crippen molar-refractivity contribution < 1.29 is 9.90 Å². The van der Waals surface area contributed by atoms with Crippen LogP contribution in [0.3, 0.4) is 0 Å². The lowest BCUT2D eigenvalue weighted by Crippen LogP contribution is -2.46. The molecular formula is C15H26N2O2. The number of hydrogen-bond acceptors (Lipinski definition) is 3. The molecule has 0 aromatic rings. The summed E-state index contributed by atoms with van der Waals surface area (Å²) in [7, 11) is 2.19. The van der Waals surface area contributed by atoms with Crippen molar-refractivity contribution in [2.75, 3.05) is 20.1 Å². The molecule has 1 aliphatic carbocycles. The van der Waals surface area contributed by atoms with Gasteiger partial charge in [0.05, 0.1) is 0 Å². The minimum Gasteiger partial charge on any atom is -0.367 e. The smallest absolute Gasteiger partial charge is 0.219 e. The first kappa shape index (κ1) is 15.9. The quantitative estimate of drug-likeness (QED) is 0.712. The van der Waals surface area contributed by atoms with Gasteiger partial charge in [-0.3, -0.25) is 4.79 Å². The number of nitrogens with one attached hydrogen (secondary N) is 1. The van der Waals surface area contributed by atoms with Crippen molar-refractivity contribution in [2.24, 2.45) is 0 Å². The van der Waals surface area contributed by atoms with Gasteiger partial charge < -0.3 is 15.3 Å². The van der Waals surface area contributed by atoms with Crippen LogP contribution in [0.4, 0.5) is 0 Å². The number of allylic oxidation sites excluding steroid dienone is 2. The normalized spacial score (nSPS) is 27.1. The minimum atomic E-state index is -1.18. The van der Waals surface area contributed by atoms with Gasteiger partial charge in [-0.1, -0.05) is 24.1 Å². The summed E-state index contributed by atoms with van der Waals surface area (Å²) in [6.45, 7) is 5.97. The SMILES string of the molecule is CC(=O)NC1(O)C=CC(C)=CC1.CN1CCCCC1. The van der Waals surface area contributed by atoms with Gasteiger partial charge in [-0.05, 0) is 46.0 Å². The first-order valence-electron chi connectivity index (χ1n) is 6.97. The van der Waals surface area contributed by atoms with Crippen molar-refractivity contribution in [1.29, 1.82) is 0 Å². The van der Waals surface area contributed by atoms with Crippen LogP contribution < -0.4 is 5.32 Å². The number of nitrogens with zero attached hydrogens (tertiary/aromatic N) is 1. The van der Waals surface area contributed by atoms with E-state index in [0.29, 0.717) is 6.42 Å². The van der Waals surface area contributed by atoms with Gasteiger partial charge in [-0.15, -0.1) is 0 Å². The fraction of sp³-hybridized carbons (Fsp3) is 0.667. The van der Waals surface area contributed by atoms with E-state index in [1.165, 1.54) is 39.3 Å². The van der Waals surface area contributed by atoms with Crippen molar-refractivity contribution in [1.82, 2.24) is 10.2 Å². The lowest BCUT2D eigenvalue weighted by atomic mass is 10.0. The Kier molecular flexibility index (Phi) is 6.25. The van der Waals surface area contributed by atoms with Crippen molar-refractivity contribution >= 4 is 5.91 Å². The van der Waals surface area contributed by atoms with E-state index in [-0.39, 0.29) is 5.91 Å². The van der Waals surface area contributed by atoms with Crippen molar-refractivity contribution in [3.8, 4) is 0 Å². The molecule has 2 N–H and O–H groups in total. The molecule has 1 saturated heterocycles. The summed E-state index contributed by atoms with van der Waals surface area (Å²) in [5.41, 5.74) is -0.0734. The van der Waals surface area contributed by atoms with Gasteiger partial charge in [-0.2, -0.15) is 0 Å². The fourth-order valence-electron chi connectivity index (χ4n) is 2.17. The molecule has 19 heavy (non-hydrogen) atoms. The molecule has 0 saturated carbocycles. The number of rotatable bonds is 1. The molecule has 108 valence electrons. The first-order chi connectivity index (χ1) is 8.91. The first-order valence-corrected chi connectivity index (χ1v) is 6.97. The highest BCUT2D eigenvalue weighted by atomic mass is 16.3. The maximum atomic E-state index is 10.7. The Hall–Kier alpha value is -1.13. The van der Waals surface area contributed by atoms with Crippen molar-refractivity contribution in [3.63, 3.8) is 0 Å². The Morgan fingerprint density at radius 3 is 2.37 bits per heavy atom. The molecule has 1 unspecified atom stereocenters. The number of likely N-dealkylation sites (tertiary alicyclic amines) is 1. The maximum Gasteiger partial charge on any atom is 0.219 e. The third-order valence-corrected chi connectivity index (χ3v) is 3.33. The lowest BCUT2D eigenvalue weighted by molar-refractivity contribution is -0.124. The number of carbonyl (C=O) groups excluding carboxylic acids is 1. The van der Waals surface area contributed by atoms with Gasteiger partial charge in [-0.25, -0.2) is 0 Å². The number of aliphatic hydroxyl groups is 1. The summed E-state index contributed by atoms with van der Waals surface area (Å²) >= 11 is 0. The maximum absolute atomic E-state index is 10.7. The molecule has 1 amide bonds. The predicted octanol–water partition coefficient (Wildman–Crippen LogP) is 1.82. The Labute approximate surface area is 116 Å². The minimum absolute atomic E-state index is 0.227. The van der Waals surface area contributed by atoms with E-state index in [2.05, 4.69) is 17.3 Å². The monoisotopic (exact) mass is 266 g/mol. The third-order valence-electron chi connectivity index (χ3n) is 3.33. The zero-order valence-corrected chi connectivity index (χ0v) is 12.3. The summed E-state index contributed by atoms with van der Waals surface area (Å²) in [4.78, 5) is 13.1. The highest BCUT2D eigenvalue weighted by molar-refractivity contribution is 5.74. The summed E-state index contributed by atoms with van der Waals surface area (Å²) < 4.78 is 0. The Balaban J connectivity index is 0.000000218. The average molecular weight is 266 g/mol. The highest BCUT2D eigenvalue weighted by Crippen LogP contribution is 2.17. The van der Waals surface area contributed by atoms with E-state index < -0.39 is 5.72 Å².